The van der Waals surface area contributed by atoms with Crippen molar-refractivity contribution >= 4 is 16.8 Å². The first-order valence-electron chi connectivity index (χ1n) is 10.8. The summed E-state index contributed by atoms with van der Waals surface area (Å²) < 4.78 is 18.4. The summed E-state index contributed by atoms with van der Waals surface area (Å²) >= 11 is 0. The number of ether oxygens (including phenoxy) is 1. The molecule has 0 aliphatic heterocycles. The van der Waals surface area contributed by atoms with Gasteiger partial charge in [-0.3, -0.25) is 9.20 Å². The quantitative estimate of drug-likeness (QED) is 0.536. The molecule has 3 rings (SSSR count). The smallest absolute Gasteiger partial charge is 0.191 e. The van der Waals surface area contributed by atoms with Crippen LogP contribution in [0.5, 0.6) is 5.75 Å². The number of nitrogens with one attached hydrogen (secondary N) is 2. The number of para-hydroxylation sites is 1. The van der Waals surface area contributed by atoms with Crippen LogP contribution >= 0.6 is 0 Å². The van der Waals surface area contributed by atoms with Gasteiger partial charge in [-0.25, -0.2) is 0 Å². The molecule has 3 atom stereocenters. The monoisotopic (exact) mass is 405 g/mol. The number of aliphatic imine (C=N–C) groups is 1. The van der Waals surface area contributed by atoms with Crippen LogP contribution in [0.1, 0.15) is 63.9 Å². The molecule has 2 aliphatic rings. The second-order valence-corrected chi connectivity index (χ2v) is 9.86. The Balaban J connectivity index is 1.53. The molecule has 1 aromatic carbocycles. The Bertz CT molecular complexity index is 674. The van der Waals surface area contributed by atoms with Gasteiger partial charge in [0.1, 0.15) is 5.75 Å². The fourth-order valence-electron chi connectivity index (χ4n) is 4.27. The minimum Gasteiger partial charge on any atom is -0.490 e. The average molecular weight is 406 g/mol. The van der Waals surface area contributed by atoms with E-state index in [9.17, 15) is 4.21 Å². The lowest BCUT2D eigenvalue weighted by molar-refractivity contribution is 0.208. The molecule has 1 aromatic rings. The Labute approximate surface area is 172 Å². The Kier molecular flexibility index (Phi) is 8.19. The maximum absolute atomic E-state index is 12.2. The molecule has 0 radical (unpaired) electrons. The van der Waals surface area contributed by atoms with Crippen LogP contribution in [-0.2, 0) is 17.3 Å². The van der Waals surface area contributed by atoms with Crippen LogP contribution in [0.3, 0.4) is 0 Å². The van der Waals surface area contributed by atoms with Crippen LogP contribution in [0.25, 0.3) is 0 Å². The van der Waals surface area contributed by atoms with Crippen LogP contribution in [-0.4, -0.2) is 40.4 Å². The van der Waals surface area contributed by atoms with Crippen molar-refractivity contribution in [3.05, 3.63) is 29.8 Å². The van der Waals surface area contributed by atoms with Crippen LogP contribution in [0, 0.1) is 0 Å². The third-order valence-corrected chi connectivity index (χ3v) is 7.60. The van der Waals surface area contributed by atoms with Crippen LogP contribution in [0.2, 0.25) is 0 Å². The van der Waals surface area contributed by atoms with E-state index in [2.05, 4.69) is 33.8 Å². The highest BCUT2D eigenvalue weighted by Gasteiger charge is 2.26. The lowest BCUT2D eigenvalue weighted by atomic mass is 9.95. The topological polar surface area (TPSA) is 62.7 Å². The van der Waals surface area contributed by atoms with Crippen molar-refractivity contribution in [1.82, 2.24) is 10.6 Å². The predicted octanol–water partition coefficient (Wildman–Crippen LogP) is 3.75. The molecule has 0 bridgehead atoms. The molecular formula is C22H35N3O2S. The van der Waals surface area contributed by atoms with E-state index in [4.69, 9.17) is 4.74 Å². The standard InChI is InChI=1S/C22H35N3O2S/c1-3-28(26)20-13-8-10-18(15-20)25-22(23-2)24-16-17-9-4-7-14-21(17)27-19-11-5-6-12-19/h4,7,9,14,18-20H,3,5-6,8,10-13,15-16H2,1-2H3,(H2,23,24,25). The van der Waals surface area contributed by atoms with Crippen molar-refractivity contribution in [3.8, 4) is 5.75 Å². The zero-order chi connectivity index (χ0) is 19.8. The van der Waals surface area contributed by atoms with E-state index in [1.54, 1.807) is 7.05 Å². The second kappa shape index (κ2) is 10.8. The van der Waals surface area contributed by atoms with Gasteiger partial charge in [-0.1, -0.05) is 31.5 Å². The molecule has 28 heavy (non-hydrogen) atoms. The summed E-state index contributed by atoms with van der Waals surface area (Å²) in [5.74, 6) is 2.54. The van der Waals surface area contributed by atoms with Gasteiger partial charge in [0.05, 0.1) is 6.10 Å². The summed E-state index contributed by atoms with van der Waals surface area (Å²) in [7, 11) is 1.10. The molecule has 0 aromatic heterocycles. The first-order chi connectivity index (χ1) is 13.7. The number of guanidine groups is 1. The fraction of sp³-hybridized carbons (Fsp3) is 0.682. The number of nitrogens with zero attached hydrogens (tertiary/aromatic N) is 1. The molecule has 0 amide bonds. The minimum absolute atomic E-state index is 0.315. The van der Waals surface area contributed by atoms with Gasteiger partial charge in [0.25, 0.3) is 0 Å². The maximum atomic E-state index is 12.2. The van der Waals surface area contributed by atoms with Crippen molar-refractivity contribution in [2.45, 2.75) is 82.2 Å². The fourth-order valence-corrected chi connectivity index (χ4v) is 5.62. The van der Waals surface area contributed by atoms with Gasteiger partial charge in [-0.2, -0.15) is 0 Å². The lowest BCUT2D eigenvalue weighted by Gasteiger charge is -2.30. The molecule has 2 fully saturated rings. The van der Waals surface area contributed by atoms with E-state index in [1.807, 2.05) is 13.0 Å². The predicted molar refractivity (Wildman–Crippen MR) is 117 cm³/mol. The van der Waals surface area contributed by atoms with E-state index in [-0.39, 0.29) is 0 Å². The van der Waals surface area contributed by atoms with Gasteiger partial charge >= 0.3 is 0 Å². The van der Waals surface area contributed by atoms with E-state index in [0.717, 1.165) is 61.6 Å². The summed E-state index contributed by atoms with van der Waals surface area (Å²) in [4.78, 5) is 4.40. The van der Waals surface area contributed by atoms with Crippen molar-refractivity contribution < 1.29 is 8.95 Å². The largest absolute Gasteiger partial charge is 0.490 e. The normalized spacial score (nSPS) is 24.7. The lowest BCUT2D eigenvalue weighted by Crippen LogP contribution is -2.46. The second-order valence-electron chi connectivity index (χ2n) is 7.86. The first kappa shape index (κ1) is 21.2. The van der Waals surface area contributed by atoms with E-state index in [0.29, 0.717) is 23.9 Å². The average Bonchev–Trinajstić information content (AvgIpc) is 3.24. The molecule has 3 unspecified atom stereocenters. The molecule has 0 saturated heterocycles. The molecule has 6 heteroatoms. The highest BCUT2D eigenvalue weighted by atomic mass is 32.2. The van der Waals surface area contributed by atoms with Gasteiger partial charge in [0, 0.05) is 47.0 Å². The third kappa shape index (κ3) is 5.97. The maximum Gasteiger partial charge on any atom is 0.191 e. The van der Waals surface area contributed by atoms with Gasteiger partial charge < -0.3 is 15.4 Å². The molecule has 2 saturated carbocycles. The van der Waals surface area contributed by atoms with Gasteiger partial charge in [-0.15, -0.1) is 0 Å². The summed E-state index contributed by atoms with van der Waals surface area (Å²) in [6, 6.07) is 8.62. The number of hydrogen-bond acceptors (Lipinski definition) is 3. The number of hydrogen-bond donors (Lipinski definition) is 2. The van der Waals surface area contributed by atoms with Crippen molar-refractivity contribution in [1.29, 1.82) is 0 Å². The van der Waals surface area contributed by atoms with Crippen LogP contribution < -0.4 is 15.4 Å². The Hall–Kier alpha value is -1.56. The Morgan fingerprint density at radius 1 is 1.18 bits per heavy atom. The molecule has 5 nitrogen and oxygen atoms in total. The Morgan fingerprint density at radius 2 is 1.96 bits per heavy atom. The molecule has 2 N–H and O–H groups in total. The summed E-state index contributed by atoms with van der Waals surface area (Å²) in [5, 5.41) is 7.30. The minimum atomic E-state index is -0.707. The molecule has 156 valence electrons. The summed E-state index contributed by atoms with van der Waals surface area (Å²) in [6.45, 7) is 2.69. The van der Waals surface area contributed by atoms with Crippen molar-refractivity contribution in [2.75, 3.05) is 12.8 Å². The van der Waals surface area contributed by atoms with E-state index in [1.165, 1.54) is 12.8 Å². The zero-order valence-electron chi connectivity index (χ0n) is 17.3. The highest BCUT2D eigenvalue weighted by molar-refractivity contribution is 7.85. The number of rotatable bonds is 7. The molecule has 0 spiro atoms. The molecular weight excluding hydrogens is 370 g/mol. The SMILES string of the molecule is CCS(=O)C1CCCC(NC(=NC)NCc2ccccc2OC2CCCC2)C1. The van der Waals surface area contributed by atoms with E-state index >= 15 is 0 Å². The van der Waals surface area contributed by atoms with Crippen molar-refractivity contribution in [2.24, 2.45) is 4.99 Å². The third-order valence-electron chi connectivity index (χ3n) is 5.86. The highest BCUT2D eigenvalue weighted by Crippen LogP contribution is 2.27. The number of benzene rings is 1. The van der Waals surface area contributed by atoms with Gasteiger partial charge in [0.15, 0.2) is 5.96 Å². The van der Waals surface area contributed by atoms with Crippen molar-refractivity contribution in [3.63, 3.8) is 0 Å². The summed E-state index contributed by atoms with van der Waals surface area (Å²) in [5.41, 5.74) is 1.16. The zero-order valence-corrected chi connectivity index (χ0v) is 18.1. The summed E-state index contributed by atoms with van der Waals surface area (Å²) in [6.07, 6.45) is 9.50. The van der Waals surface area contributed by atoms with E-state index < -0.39 is 10.8 Å². The van der Waals surface area contributed by atoms with Gasteiger partial charge in [0.2, 0.25) is 0 Å². The van der Waals surface area contributed by atoms with Crippen LogP contribution in [0.15, 0.2) is 29.3 Å². The van der Waals surface area contributed by atoms with Crippen LogP contribution in [0.4, 0.5) is 0 Å². The molecule has 0 heterocycles. The molecule has 2 aliphatic carbocycles. The van der Waals surface area contributed by atoms with Gasteiger partial charge in [-0.05, 0) is 51.0 Å². The Morgan fingerprint density at radius 3 is 2.71 bits per heavy atom. The first-order valence-corrected chi connectivity index (χ1v) is 12.2.